The summed E-state index contributed by atoms with van der Waals surface area (Å²) in [6, 6.07) is 27.3. The molecule has 0 spiro atoms. The highest BCUT2D eigenvalue weighted by Crippen LogP contribution is 2.48. The van der Waals surface area contributed by atoms with E-state index in [-0.39, 0.29) is 36.6 Å². The Bertz CT molecular complexity index is 2100. The van der Waals surface area contributed by atoms with Gasteiger partial charge in [0.15, 0.2) is 0 Å². The van der Waals surface area contributed by atoms with Crippen molar-refractivity contribution in [2.24, 2.45) is 35.5 Å². The number of aliphatic hydroxyl groups excluding tert-OH is 6. The predicted molar refractivity (Wildman–Crippen MR) is 335 cm³/mol. The SMILES string of the molecule is CC(O)C1CCCCC1.CC(O)C1CCCCC1.CC(O)C1CCCCC1.CC(O)C1CCCCC1.CC(O)C1CCCCC1.CC(O)C1CCCCC1.c1cc2ccc3ccc4ccc5ccc6ccc1c1c2c3c4c5c61. The van der Waals surface area contributed by atoms with E-state index in [1.54, 1.807) is 0 Å². The van der Waals surface area contributed by atoms with Crippen LogP contribution in [0.3, 0.4) is 0 Å². The van der Waals surface area contributed by atoms with Gasteiger partial charge in [-0.05, 0) is 219 Å². The van der Waals surface area contributed by atoms with Crippen LogP contribution in [0.15, 0.2) is 72.8 Å². The quantitative estimate of drug-likeness (QED) is 0.0729. The number of rotatable bonds is 6. The van der Waals surface area contributed by atoms with Gasteiger partial charge in [0, 0.05) is 0 Å². The van der Waals surface area contributed by atoms with E-state index in [2.05, 4.69) is 72.8 Å². The van der Waals surface area contributed by atoms with Crippen LogP contribution >= 0.6 is 0 Å². The molecule has 7 aromatic carbocycles. The van der Waals surface area contributed by atoms with Gasteiger partial charge < -0.3 is 30.6 Å². The Morgan fingerprint density at radius 1 is 0.205 bits per heavy atom. The average Bonchev–Trinajstić information content (AvgIpc) is 3.25. The molecule has 6 saturated carbocycles. The van der Waals surface area contributed by atoms with Crippen molar-refractivity contribution in [1.82, 2.24) is 0 Å². The standard InChI is InChI=1S/C24H12.6C8H16O/c1-2-14-5-6-16-9-11-18-12-10-17-8-7-15-4-3-13(1)19-20(14)22(16)24(18)23(17)21(15)19;6*1-7(9)8-5-3-2-4-6-8/h1-12H;6*7-9H,2-6H2,1H3. The second-order valence-corrected chi connectivity index (χ2v) is 25.8. The number of benzene rings is 7. The Balaban J connectivity index is 0.000000141. The van der Waals surface area contributed by atoms with E-state index >= 15 is 0 Å². The molecule has 0 bridgehead atoms. The molecular formula is C72H108O6. The fourth-order valence-corrected chi connectivity index (χ4v) is 14.6. The Morgan fingerprint density at radius 2 is 0.308 bits per heavy atom. The van der Waals surface area contributed by atoms with Crippen molar-refractivity contribution < 1.29 is 30.6 Å². The number of hydrogen-bond donors (Lipinski definition) is 6. The second-order valence-electron chi connectivity index (χ2n) is 25.8. The lowest BCUT2D eigenvalue weighted by Gasteiger charge is -2.23. The summed E-state index contributed by atoms with van der Waals surface area (Å²) in [7, 11) is 0. The van der Waals surface area contributed by atoms with E-state index in [0.29, 0.717) is 35.5 Å². The zero-order valence-electron chi connectivity index (χ0n) is 49.8. The van der Waals surface area contributed by atoms with Crippen molar-refractivity contribution in [2.45, 2.75) is 271 Å². The summed E-state index contributed by atoms with van der Waals surface area (Å²) in [5.41, 5.74) is 0. The first kappa shape index (κ1) is 62.2. The molecule has 6 aliphatic carbocycles. The molecule has 6 nitrogen and oxygen atoms in total. The van der Waals surface area contributed by atoms with Crippen LogP contribution in [0.5, 0.6) is 0 Å². The first-order valence-electron chi connectivity index (χ1n) is 32.4. The fourth-order valence-electron chi connectivity index (χ4n) is 14.6. The maximum Gasteiger partial charge on any atom is 0.0540 e. The molecule has 0 saturated heterocycles. The minimum Gasteiger partial charge on any atom is -0.393 e. The minimum absolute atomic E-state index is 0.0645. The number of aliphatic hydroxyl groups is 6. The smallest absolute Gasteiger partial charge is 0.0540 e. The maximum absolute atomic E-state index is 9.18. The molecule has 0 radical (unpaired) electrons. The van der Waals surface area contributed by atoms with Gasteiger partial charge in [0.2, 0.25) is 0 Å². The van der Waals surface area contributed by atoms with Crippen LogP contribution in [-0.2, 0) is 0 Å². The summed E-state index contributed by atoms with van der Waals surface area (Å²) < 4.78 is 0. The predicted octanol–water partition coefficient (Wildman–Crippen LogP) is 18.6. The topological polar surface area (TPSA) is 121 Å². The van der Waals surface area contributed by atoms with Crippen LogP contribution in [0.2, 0.25) is 0 Å². The largest absolute Gasteiger partial charge is 0.393 e. The molecular weight excluding hydrogens is 961 g/mol. The second kappa shape index (κ2) is 31.7. The molecule has 0 amide bonds. The Kier molecular flexibility index (Phi) is 25.3. The van der Waals surface area contributed by atoms with Gasteiger partial charge in [-0.15, -0.1) is 0 Å². The summed E-state index contributed by atoms with van der Waals surface area (Å²) in [5.74, 6) is 3.66. The molecule has 6 fully saturated rings. The average molecular weight is 1070 g/mol. The summed E-state index contributed by atoms with van der Waals surface area (Å²) in [4.78, 5) is 0. The summed E-state index contributed by atoms with van der Waals surface area (Å²) in [6.45, 7) is 11.5. The summed E-state index contributed by atoms with van der Waals surface area (Å²) >= 11 is 0. The molecule has 0 heterocycles. The van der Waals surface area contributed by atoms with Crippen LogP contribution in [0, 0.1) is 35.5 Å². The molecule has 7 aromatic rings. The highest BCUT2D eigenvalue weighted by molar-refractivity contribution is 6.44. The minimum atomic E-state index is -0.0645. The first-order chi connectivity index (χ1) is 37.7. The Morgan fingerprint density at radius 3 is 0.385 bits per heavy atom. The van der Waals surface area contributed by atoms with Gasteiger partial charge >= 0.3 is 0 Å². The van der Waals surface area contributed by atoms with Crippen LogP contribution in [0.1, 0.15) is 234 Å². The monoisotopic (exact) mass is 1070 g/mol. The molecule has 6 atom stereocenters. The summed E-state index contributed by atoms with van der Waals surface area (Å²) in [6.07, 6.45) is 38.8. The molecule has 78 heavy (non-hydrogen) atoms. The lowest BCUT2D eigenvalue weighted by Crippen LogP contribution is -2.19. The van der Waals surface area contributed by atoms with Crippen molar-refractivity contribution >= 4 is 64.6 Å². The molecule has 6 heteroatoms. The maximum atomic E-state index is 9.18. The third-order valence-electron chi connectivity index (χ3n) is 19.9. The fraction of sp³-hybridized carbons (Fsp3) is 0.667. The number of hydrogen-bond acceptors (Lipinski definition) is 6. The van der Waals surface area contributed by atoms with Crippen LogP contribution in [0.4, 0.5) is 0 Å². The van der Waals surface area contributed by atoms with Gasteiger partial charge in [-0.3, -0.25) is 0 Å². The van der Waals surface area contributed by atoms with Crippen LogP contribution < -0.4 is 0 Å². The third kappa shape index (κ3) is 17.3. The van der Waals surface area contributed by atoms with Crippen molar-refractivity contribution in [2.75, 3.05) is 0 Å². The zero-order valence-corrected chi connectivity index (χ0v) is 49.8. The highest BCUT2D eigenvalue weighted by Gasteiger charge is 2.23. The molecule has 0 aliphatic heterocycles. The van der Waals surface area contributed by atoms with E-state index in [1.165, 1.54) is 257 Å². The van der Waals surface area contributed by atoms with Gasteiger partial charge in [0.25, 0.3) is 0 Å². The van der Waals surface area contributed by atoms with Gasteiger partial charge in [0.05, 0.1) is 36.6 Å². The third-order valence-corrected chi connectivity index (χ3v) is 19.9. The van der Waals surface area contributed by atoms with Crippen LogP contribution in [0.25, 0.3) is 64.6 Å². The van der Waals surface area contributed by atoms with Gasteiger partial charge in [-0.1, -0.05) is 188 Å². The van der Waals surface area contributed by atoms with Crippen molar-refractivity contribution in [3.63, 3.8) is 0 Å². The van der Waals surface area contributed by atoms with E-state index in [4.69, 9.17) is 0 Å². The Hall–Kier alpha value is -3.36. The zero-order chi connectivity index (χ0) is 55.6. The summed E-state index contributed by atoms with van der Waals surface area (Å²) in [5, 5.41) is 71.8. The molecule has 0 aromatic heterocycles. The first-order valence-corrected chi connectivity index (χ1v) is 32.4. The van der Waals surface area contributed by atoms with E-state index in [9.17, 15) is 30.6 Å². The normalized spacial score (nSPS) is 22.0. The van der Waals surface area contributed by atoms with E-state index in [1.807, 2.05) is 41.5 Å². The molecule has 13 rings (SSSR count). The van der Waals surface area contributed by atoms with E-state index < -0.39 is 0 Å². The molecule has 432 valence electrons. The van der Waals surface area contributed by atoms with Gasteiger partial charge in [-0.2, -0.15) is 0 Å². The van der Waals surface area contributed by atoms with E-state index in [0.717, 1.165) is 0 Å². The van der Waals surface area contributed by atoms with Crippen LogP contribution in [-0.4, -0.2) is 67.3 Å². The molecule has 6 unspecified atom stereocenters. The Labute approximate surface area is 472 Å². The van der Waals surface area contributed by atoms with Crippen molar-refractivity contribution in [1.29, 1.82) is 0 Å². The van der Waals surface area contributed by atoms with Gasteiger partial charge in [0.1, 0.15) is 0 Å². The molecule has 6 N–H and O–H groups in total. The van der Waals surface area contributed by atoms with Crippen molar-refractivity contribution in [3.05, 3.63) is 72.8 Å². The van der Waals surface area contributed by atoms with Crippen molar-refractivity contribution in [3.8, 4) is 0 Å². The highest BCUT2D eigenvalue weighted by atomic mass is 16.3. The lowest BCUT2D eigenvalue weighted by atomic mass is 9.83. The molecule has 6 aliphatic rings. The lowest BCUT2D eigenvalue weighted by molar-refractivity contribution is 0.101. The van der Waals surface area contributed by atoms with Gasteiger partial charge in [-0.25, -0.2) is 0 Å².